The number of sulfonamides is 1. The molecule has 0 spiro atoms. The Morgan fingerprint density at radius 3 is 2.32 bits per heavy atom. The van der Waals surface area contributed by atoms with E-state index in [1.54, 1.807) is 21.9 Å². The third-order valence-electron chi connectivity index (χ3n) is 5.11. The van der Waals surface area contributed by atoms with Crippen molar-refractivity contribution in [2.75, 3.05) is 18.0 Å². The number of alkyl halides is 3. The van der Waals surface area contributed by atoms with Crippen molar-refractivity contribution in [2.24, 2.45) is 0 Å². The molecule has 1 N–H and O–H groups in total. The minimum absolute atomic E-state index is 0.00744. The van der Waals surface area contributed by atoms with Gasteiger partial charge in [-0.3, -0.25) is 4.90 Å². The standard InChI is InChI=1S/C19H17ClF2IN3O4S/c20-12-1-7-17(8-2-12)31(28,29)24-13-9-15-11-26(18(27)25(15)10-13)14-3-5-16(6-4-14)30-19(21,22)23/h1-8,13,15,24H,9-11H2/t13-,15+/m1/s1. The van der Waals surface area contributed by atoms with Crippen LogP contribution < -0.4 is 14.4 Å². The number of ether oxygens (including phenoxy) is 1. The highest BCUT2D eigenvalue weighted by atomic mass is 127. The number of urea groups is 1. The van der Waals surface area contributed by atoms with Crippen LogP contribution in [0.15, 0.2) is 53.4 Å². The lowest BCUT2D eigenvalue weighted by atomic mass is 10.2. The molecular formula is C19H17ClF2IN3O4S. The zero-order chi connectivity index (χ0) is 22.4. The molecule has 12 heteroatoms. The zero-order valence-corrected chi connectivity index (χ0v) is 19.6. The molecule has 31 heavy (non-hydrogen) atoms. The number of hydrogen-bond donors (Lipinski definition) is 1. The lowest BCUT2D eigenvalue weighted by Gasteiger charge is -2.20. The van der Waals surface area contributed by atoms with Gasteiger partial charge in [-0.05, 0) is 55.0 Å². The summed E-state index contributed by atoms with van der Waals surface area (Å²) >= 11 is 6.69. The van der Waals surface area contributed by atoms with Crippen LogP contribution in [0.25, 0.3) is 0 Å². The molecule has 2 aliphatic heterocycles. The fourth-order valence-electron chi connectivity index (χ4n) is 3.80. The molecule has 0 unspecified atom stereocenters. The van der Waals surface area contributed by atoms with E-state index in [0.29, 0.717) is 23.7 Å². The lowest BCUT2D eigenvalue weighted by Crippen LogP contribution is -2.40. The summed E-state index contributed by atoms with van der Waals surface area (Å²) in [7, 11) is -3.73. The first kappa shape index (κ1) is 22.5. The van der Waals surface area contributed by atoms with Gasteiger partial charge in [0.1, 0.15) is 5.75 Å². The molecule has 2 atom stereocenters. The maximum absolute atomic E-state index is 12.9. The van der Waals surface area contributed by atoms with Gasteiger partial charge in [0.25, 0.3) is 0 Å². The van der Waals surface area contributed by atoms with E-state index in [0.717, 1.165) is 22.6 Å². The number of halogens is 4. The quantitative estimate of drug-likeness (QED) is 0.411. The molecule has 166 valence electrons. The minimum Gasteiger partial charge on any atom is -0.425 e. The first-order valence-corrected chi connectivity index (χ1v) is 12.2. The van der Waals surface area contributed by atoms with Crippen LogP contribution in [0.1, 0.15) is 6.42 Å². The third-order valence-corrected chi connectivity index (χ3v) is 7.12. The molecule has 2 amide bonds. The number of carbonyl (C=O) groups is 1. The van der Waals surface area contributed by atoms with Gasteiger partial charge in [-0.15, -0.1) is 0 Å². The van der Waals surface area contributed by atoms with Crippen LogP contribution in [0.2, 0.25) is 5.02 Å². The summed E-state index contributed by atoms with van der Waals surface area (Å²) < 4.78 is 54.9. The Hall–Kier alpha value is -1.70. The highest BCUT2D eigenvalue weighted by molar-refractivity contribution is 14.1. The average Bonchev–Trinajstić information content (AvgIpc) is 3.19. The van der Waals surface area contributed by atoms with Gasteiger partial charge in [-0.1, -0.05) is 11.6 Å². The number of hydrogen-bond acceptors (Lipinski definition) is 4. The summed E-state index contributed by atoms with van der Waals surface area (Å²) in [6, 6.07) is 10.9. The van der Waals surface area contributed by atoms with Crippen LogP contribution >= 0.6 is 34.2 Å². The molecule has 2 saturated heterocycles. The molecule has 2 heterocycles. The SMILES string of the molecule is O=C1N(c2ccc(OC(F)(F)I)cc2)C[C@@H]2C[C@@H](NS(=O)(=O)c3ccc(Cl)cc3)CN12. The van der Waals surface area contributed by atoms with Crippen molar-refractivity contribution >= 4 is 55.9 Å². The predicted molar refractivity (Wildman–Crippen MR) is 119 cm³/mol. The third kappa shape index (κ3) is 5.04. The molecule has 0 saturated carbocycles. The molecule has 0 radical (unpaired) electrons. The molecule has 2 aliphatic rings. The van der Waals surface area contributed by atoms with E-state index in [-0.39, 0.29) is 29.3 Å². The molecule has 0 bridgehead atoms. The minimum atomic E-state index is -3.73. The van der Waals surface area contributed by atoms with E-state index in [1.807, 2.05) is 0 Å². The van der Waals surface area contributed by atoms with Crippen LogP contribution in [0.5, 0.6) is 5.75 Å². The van der Waals surface area contributed by atoms with Gasteiger partial charge in [0.05, 0.1) is 33.5 Å². The van der Waals surface area contributed by atoms with Crippen LogP contribution in [0.3, 0.4) is 0 Å². The second-order valence-electron chi connectivity index (χ2n) is 7.25. The Labute approximate surface area is 196 Å². The van der Waals surface area contributed by atoms with E-state index in [4.69, 9.17) is 11.6 Å². The number of nitrogens with zero attached hydrogens (tertiary/aromatic N) is 2. The fourth-order valence-corrected chi connectivity index (χ4v) is 5.42. The van der Waals surface area contributed by atoms with E-state index in [2.05, 4.69) is 9.46 Å². The Morgan fingerprint density at radius 1 is 1.10 bits per heavy atom. The maximum atomic E-state index is 12.9. The van der Waals surface area contributed by atoms with Gasteiger partial charge in [0.15, 0.2) is 0 Å². The Morgan fingerprint density at radius 2 is 1.74 bits per heavy atom. The van der Waals surface area contributed by atoms with Crippen LogP contribution in [0.4, 0.5) is 19.3 Å². The Balaban J connectivity index is 1.40. The summed E-state index contributed by atoms with van der Waals surface area (Å²) in [6.45, 7) is 0.621. The van der Waals surface area contributed by atoms with E-state index in [1.165, 1.54) is 36.4 Å². The van der Waals surface area contributed by atoms with Gasteiger partial charge in [-0.25, -0.2) is 17.9 Å². The second kappa shape index (κ2) is 8.34. The van der Waals surface area contributed by atoms with Crippen molar-refractivity contribution < 1.29 is 26.7 Å². The largest absolute Gasteiger partial charge is 0.451 e. The number of amides is 2. The van der Waals surface area contributed by atoms with Gasteiger partial charge in [0.2, 0.25) is 10.0 Å². The molecule has 0 aromatic heterocycles. The highest BCUT2D eigenvalue weighted by Crippen LogP contribution is 2.33. The first-order valence-electron chi connectivity index (χ1n) is 9.24. The van der Waals surface area contributed by atoms with Crippen molar-refractivity contribution in [3.63, 3.8) is 0 Å². The van der Waals surface area contributed by atoms with Crippen molar-refractivity contribution in [3.8, 4) is 5.75 Å². The first-order chi connectivity index (χ1) is 14.5. The highest BCUT2D eigenvalue weighted by Gasteiger charge is 2.45. The summed E-state index contributed by atoms with van der Waals surface area (Å²) in [5.41, 5.74) is 0.557. The van der Waals surface area contributed by atoms with Gasteiger partial charge < -0.3 is 9.64 Å². The molecule has 0 aliphatic carbocycles. The van der Waals surface area contributed by atoms with Crippen molar-refractivity contribution in [3.05, 3.63) is 53.6 Å². The number of benzene rings is 2. The van der Waals surface area contributed by atoms with Crippen molar-refractivity contribution in [1.29, 1.82) is 0 Å². The number of fused-ring (bicyclic) bond motifs is 1. The summed E-state index contributed by atoms with van der Waals surface area (Å²) in [6.07, 6.45) is 0.470. The molecular weight excluding hydrogens is 567 g/mol. The summed E-state index contributed by atoms with van der Waals surface area (Å²) in [5, 5.41) is 0.439. The smallest absolute Gasteiger partial charge is 0.425 e. The Kier molecular flexibility index (Phi) is 6.05. The topological polar surface area (TPSA) is 79.0 Å². The molecule has 4 rings (SSSR count). The van der Waals surface area contributed by atoms with Crippen LogP contribution in [0, 0.1) is 0 Å². The summed E-state index contributed by atoms with van der Waals surface area (Å²) in [4.78, 5) is 16.1. The van der Waals surface area contributed by atoms with Crippen molar-refractivity contribution in [1.82, 2.24) is 9.62 Å². The number of carbonyl (C=O) groups excluding carboxylic acids is 1. The Bertz CT molecular complexity index is 1080. The van der Waals surface area contributed by atoms with Crippen LogP contribution in [-0.2, 0) is 10.0 Å². The number of anilines is 1. The summed E-state index contributed by atoms with van der Waals surface area (Å²) in [5.74, 6) is -0.00744. The lowest BCUT2D eigenvalue weighted by molar-refractivity contribution is -0.0691. The second-order valence-corrected chi connectivity index (χ2v) is 10.7. The van der Waals surface area contributed by atoms with Crippen molar-refractivity contribution in [2.45, 2.75) is 27.5 Å². The molecule has 2 aromatic rings. The normalized spacial score (nSPS) is 21.5. The molecule has 2 aromatic carbocycles. The van der Waals surface area contributed by atoms with Gasteiger partial charge >= 0.3 is 10.1 Å². The van der Waals surface area contributed by atoms with Crippen LogP contribution in [-0.4, -0.2) is 48.6 Å². The predicted octanol–water partition coefficient (Wildman–Crippen LogP) is 4.07. The number of rotatable bonds is 6. The molecule has 7 nitrogen and oxygen atoms in total. The molecule has 2 fully saturated rings. The monoisotopic (exact) mass is 583 g/mol. The van der Waals surface area contributed by atoms with Gasteiger partial charge in [-0.2, -0.15) is 8.78 Å². The van der Waals surface area contributed by atoms with E-state index < -0.39 is 20.2 Å². The fraction of sp³-hybridized carbons (Fsp3) is 0.316. The van der Waals surface area contributed by atoms with Gasteiger partial charge in [0, 0.05) is 29.8 Å². The van der Waals surface area contributed by atoms with E-state index in [9.17, 15) is 22.0 Å². The van der Waals surface area contributed by atoms with E-state index >= 15 is 0 Å². The average molecular weight is 584 g/mol. The maximum Gasteiger partial charge on any atom is 0.451 e. The number of nitrogens with one attached hydrogen (secondary N) is 1. The zero-order valence-electron chi connectivity index (χ0n) is 15.8.